The standard InChI is InChI=1S/C25H25N3O3/c1-31-21-13-11-18(12-14-21)24(29)27-23-10-6-5-9-22(23)25(30)28-16-15-20(17-28)26-19-7-3-2-4-8-19/h2-14,20,26H,15-17H2,1H3,(H,27,29). The van der Waals surface area contributed by atoms with Gasteiger partial charge in [0.2, 0.25) is 0 Å². The largest absolute Gasteiger partial charge is 0.497 e. The molecular formula is C25H25N3O3. The Balaban J connectivity index is 1.44. The summed E-state index contributed by atoms with van der Waals surface area (Å²) in [6.45, 7) is 1.29. The normalized spacial score (nSPS) is 15.4. The highest BCUT2D eigenvalue weighted by Gasteiger charge is 2.28. The molecule has 1 atom stereocenters. The second-order valence-electron chi connectivity index (χ2n) is 7.48. The topological polar surface area (TPSA) is 70.7 Å². The van der Waals surface area contributed by atoms with Gasteiger partial charge in [0.1, 0.15) is 5.75 Å². The number of nitrogens with one attached hydrogen (secondary N) is 2. The summed E-state index contributed by atoms with van der Waals surface area (Å²) in [6.07, 6.45) is 0.876. The maximum Gasteiger partial charge on any atom is 0.256 e. The highest BCUT2D eigenvalue weighted by Crippen LogP contribution is 2.23. The van der Waals surface area contributed by atoms with Gasteiger partial charge in [0.25, 0.3) is 11.8 Å². The van der Waals surface area contributed by atoms with Crippen molar-refractivity contribution in [1.29, 1.82) is 0 Å². The highest BCUT2D eigenvalue weighted by molar-refractivity contribution is 6.09. The molecule has 0 radical (unpaired) electrons. The smallest absolute Gasteiger partial charge is 0.256 e. The Morgan fingerprint density at radius 2 is 1.65 bits per heavy atom. The molecule has 1 saturated heterocycles. The number of anilines is 2. The predicted octanol–water partition coefficient (Wildman–Crippen LogP) is 4.27. The molecule has 4 rings (SSSR count). The first-order chi connectivity index (χ1) is 15.1. The molecular weight excluding hydrogens is 390 g/mol. The van der Waals surface area contributed by atoms with E-state index in [1.54, 1.807) is 43.5 Å². The molecule has 2 N–H and O–H groups in total. The van der Waals surface area contributed by atoms with Crippen molar-refractivity contribution in [2.75, 3.05) is 30.8 Å². The Labute approximate surface area is 181 Å². The second-order valence-corrected chi connectivity index (χ2v) is 7.48. The van der Waals surface area contributed by atoms with Crippen LogP contribution in [-0.2, 0) is 0 Å². The van der Waals surface area contributed by atoms with Crippen LogP contribution >= 0.6 is 0 Å². The van der Waals surface area contributed by atoms with Gasteiger partial charge in [-0.15, -0.1) is 0 Å². The zero-order valence-electron chi connectivity index (χ0n) is 17.4. The number of benzene rings is 3. The van der Waals surface area contributed by atoms with Crippen LogP contribution in [0.3, 0.4) is 0 Å². The van der Waals surface area contributed by atoms with Crippen LogP contribution in [0.4, 0.5) is 11.4 Å². The zero-order chi connectivity index (χ0) is 21.6. The number of methoxy groups -OCH3 is 1. The van der Waals surface area contributed by atoms with Crippen molar-refractivity contribution in [3.63, 3.8) is 0 Å². The van der Waals surface area contributed by atoms with Crippen LogP contribution in [0.2, 0.25) is 0 Å². The number of likely N-dealkylation sites (tertiary alicyclic amines) is 1. The first kappa shape index (κ1) is 20.5. The van der Waals surface area contributed by atoms with Crippen molar-refractivity contribution in [2.45, 2.75) is 12.5 Å². The van der Waals surface area contributed by atoms with E-state index in [1.807, 2.05) is 47.4 Å². The van der Waals surface area contributed by atoms with Gasteiger partial charge in [-0.05, 0) is 55.0 Å². The molecule has 1 unspecified atom stereocenters. The minimum Gasteiger partial charge on any atom is -0.497 e. The molecule has 0 spiro atoms. The van der Waals surface area contributed by atoms with Gasteiger partial charge >= 0.3 is 0 Å². The summed E-state index contributed by atoms with van der Waals surface area (Å²) in [5.74, 6) is 0.329. The van der Waals surface area contributed by atoms with E-state index in [2.05, 4.69) is 10.6 Å². The fraction of sp³-hybridized carbons (Fsp3) is 0.200. The van der Waals surface area contributed by atoms with E-state index in [4.69, 9.17) is 4.74 Å². The summed E-state index contributed by atoms with van der Waals surface area (Å²) in [4.78, 5) is 27.7. The number of rotatable bonds is 6. The van der Waals surface area contributed by atoms with Gasteiger partial charge in [0.15, 0.2) is 0 Å². The van der Waals surface area contributed by atoms with Crippen molar-refractivity contribution in [1.82, 2.24) is 4.90 Å². The second kappa shape index (κ2) is 9.34. The summed E-state index contributed by atoms with van der Waals surface area (Å²) in [5.41, 5.74) is 2.54. The first-order valence-electron chi connectivity index (χ1n) is 10.3. The van der Waals surface area contributed by atoms with Crippen LogP contribution in [0.5, 0.6) is 5.75 Å². The molecule has 6 heteroatoms. The maximum absolute atomic E-state index is 13.2. The Morgan fingerprint density at radius 3 is 2.39 bits per heavy atom. The number of carbonyl (C=O) groups excluding carboxylic acids is 2. The molecule has 0 aromatic heterocycles. The first-order valence-corrected chi connectivity index (χ1v) is 10.3. The van der Waals surface area contributed by atoms with Gasteiger partial charge in [-0.2, -0.15) is 0 Å². The van der Waals surface area contributed by atoms with Gasteiger partial charge in [0, 0.05) is 30.4 Å². The molecule has 1 fully saturated rings. The lowest BCUT2D eigenvalue weighted by molar-refractivity contribution is 0.0792. The number of nitrogens with zero attached hydrogens (tertiary/aromatic N) is 1. The number of hydrogen-bond acceptors (Lipinski definition) is 4. The Bertz CT molecular complexity index is 1050. The Kier molecular flexibility index (Phi) is 6.17. The average Bonchev–Trinajstić information content (AvgIpc) is 3.28. The molecule has 1 aliphatic heterocycles. The Hall–Kier alpha value is -3.80. The van der Waals surface area contributed by atoms with Crippen molar-refractivity contribution >= 4 is 23.2 Å². The summed E-state index contributed by atoms with van der Waals surface area (Å²) < 4.78 is 5.13. The number of hydrogen-bond donors (Lipinski definition) is 2. The SMILES string of the molecule is COc1ccc(C(=O)Nc2ccccc2C(=O)N2CCC(Nc3ccccc3)C2)cc1. The van der Waals surface area contributed by atoms with Crippen molar-refractivity contribution < 1.29 is 14.3 Å². The van der Waals surface area contributed by atoms with Crippen LogP contribution in [0.1, 0.15) is 27.1 Å². The van der Waals surface area contributed by atoms with Gasteiger partial charge in [0.05, 0.1) is 18.4 Å². The van der Waals surface area contributed by atoms with E-state index in [-0.39, 0.29) is 17.9 Å². The minimum atomic E-state index is -0.270. The third kappa shape index (κ3) is 4.86. The molecule has 2 amide bonds. The fourth-order valence-corrected chi connectivity index (χ4v) is 3.72. The van der Waals surface area contributed by atoms with E-state index in [1.165, 1.54) is 0 Å². The molecule has 1 heterocycles. The molecule has 31 heavy (non-hydrogen) atoms. The molecule has 0 aliphatic carbocycles. The summed E-state index contributed by atoms with van der Waals surface area (Å²) >= 11 is 0. The Morgan fingerprint density at radius 1 is 0.935 bits per heavy atom. The van der Waals surface area contributed by atoms with E-state index in [0.717, 1.165) is 12.1 Å². The zero-order valence-corrected chi connectivity index (χ0v) is 17.4. The third-order valence-corrected chi connectivity index (χ3v) is 5.38. The van der Waals surface area contributed by atoms with Crippen LogP contribution < -0.4 is 15.4 Å². The van der Waals surface area contributed by atoms with Gasteiger partial charge in [-0.25, -0.2) is 0 Å². The van der Waals surface area contributed by atoms with Gasteiger partial charge in [-0.1, -0.05) is 30.3 Å². The number of ether oxygens (including phenoxy) is 1. The number of amides is 2. The van der Waals surface area contributed by atoms with E-state index in [9.17, 15) is 9.59 Å². The highest BCUT2D eigenvalue weighted by atomic mass is 16.5. The molecule has 3 aromatic rings. The summed E-state index contributed by atoms with van der Waals surface area (Å²) in [7, 11) is 1.58. The number of carbonyl (C=O) groups is 2. The molecule has 158 valence electrons. The molecule has 6 nitrogen and oxygen atoms in total. The average molecular weight is 415 g/mol. The van der Waals surface area contributed by atoms with Crippen molar-refractivity contribution in [3.8, 4) is 5.75 Å². The lowest BCUT2D eigenvalue weighted by Crippen LogP contribution is -2.32. The van der Waals surface area contributed by atoms with Gasteiger partial charge in [-0.3, -0.25) is 9.59 Å². The lowest BCUT2D eigenvalue weighted by Gasteiger charge is -2.19. The van der Waals surface area contributed by atoms with Crippen LogP contribution in [0.15, 0.2) is 78.9 Å². The molecule has 1 aliphatic rings. The van der Waals surface area contributed by atoms with Gasteiger partial charge < -0.3 is 20.3 Å². The van der Waals surface area contributed by atoms with E-state index in [0.29, 0.717) is 35.7 Å². The molecule has 3 aromatic carbocycles. The van der Waals surface area contributed by atoms with E-state index >= 15 is 0 Å². The fourth-order valence-electron chi connectivity index (χ4n) is 3.72. The number of para-hydroxylation sites is 2. The quantitative estimate of drug-likeness (QED) is 0.631. The van der Waals surface area contributed by atoms with Crippen LogP contribution in [-0.4, -0.2) is 43.0 Å². The van der Waals surface area contributed by atoms with Crippen molar-refractivity contribution in [2.24, 2.45) is 0 Å². The van der Waals surface area contributed by atoms with Crippen LogP contribution in [0, 0.1) is 0 Å². The predicted molar refractivity (Wildman–Crippen MR) is 122 cm³/mol. The summed E-state index contributed by atoms with van der Waals surface area (Å²) in [5, 5.41) is 6.36. The van der Waals surface area contributed by atoms with E-state index < -0.39 is 0 Å². The molecule has 0 bridgehead atoms. The van der Waals surface area contributed by atoms with Crippen LogP contribution in [0.25, 0.3) is 0 Å². The monoisotopic (exact) mass is 415 g/mol. The summed E-state index contributed by atoms with van der Waals surface area (Å²) in [6, 6.07) is 24.2. The maximum atomic E-state index is 13.2. The minimum absolute atomic E-state index is 0.0806. The third-order valence-electron chi connectivity index (χ3n) is 5.38. The molecule has 0 saturated carbocycles. The lowest BCUT2D eigenvalue weighted by atomic mass is 10.1. The van der Waals surface area contributed by atoms with Crippen molar-refractivity contribution in [3.05, 3.63) is 90.0 Å².